The molecule has 0 fully saturated rings. The molecule has 0 aromatic heterocycles. The number of allylic oxidation sites excluding steroid dienone is 1. The van der Waals surface area contributed by atoms with Crippen molar-refractivity contribution in [1.82, 2.24) is 5.32 Å². The van der Waals surface area contributed by atoms with Crippen molar-refractivity contribution in [3.8, 4) is 0 Å². The third kappa shape index (κ3) is 6.20. The third-order valence-corrected chi connectivity index (χ3v) is 1.81. The second-order valence-corrected chi connectivity index (χ2v) is 3.03. The second-order valence-electron chi connectivity index (χ2n) is 2.76. The number of ether oxygens (including phenoxy) is 1. The lowest BCUT2D eigenvalue weighted by atomic mass is 10.3. The Hall–Kier alpha value is -1.34. The molecule has 16 heavy (non-hydrogen) atoms. The van der Waals surface area contributed by atoms with Gasteiger partial charge in [0.25, 0.3) is 6.17 Å². The number of esters is 1. The van der Waals surface area contributed by atoms with Gasteiger partial charge in [0.1, 0.15) is 6.54 Å². The molecule has 0 bridgehead atoms. The summed E-state index contributed by atoms with van der Waals surface area (Å²) in [6.45, 7) is 1.85. The monoisotopic (exact) mass is 251 g/mol. The summed E-state index contributed by atoms with van der Waals surface area (Å²) in [5, 5.41) is 12.9. The maximum Gasteiger partial charge on any atom is 0.325 e. The zero-order valence-corrected chi connectivity index (χ0v) is 9.57. The van der Waals surface area contributed by atoms with Gasteiger partial charge in [-0.15, -0.1) is 11.6 Å². The molecule has 0 radical (unpaired) electrons. The number of nitro groups is 1. The van der Waals surface area contributed by atoms with Crippen molar-refractivity contribution in [2.75, 3.05) is 19.0 Å². The van der Waals surface area contributed by atoms with Crippen LogP contribution in [0.25, 0.3) is 0 Å². The molecular weight excluding hydrogens is 238 g/mol. The summed E-state index contributed by atoms with van der Waals surface area (Å²) in [6, 6.07) is 0. The van der Waals surface area contributed by atoms with Gasteiger partial charge in [-0.2, -0.15) is 0 Å². The number of hydrogen-bond donors (Lipinski definition) is 2. The minimum Gasteiger partial charge on any atom is -0.465 e. The van der Waals surface area contributed by atoms with E-state index in [2.05, 4.69) is 10.1 Å². The standard InChI is InChI=1S/C8H14ClN3O4/c1-2-16-8(13)5-11-6(4-9)3-7(10)12(14)15/h3,7,11H,2,4-5,10H2,1H3/b6-3-. The Morgan fingerprint density at radius 1 is 1.75 bits per heavy atom. The highest BCUT2D eigenvalue weighted by molar-refractivity contribution is 6.19. The van der Waals surface area contributed by atoms with Gasteiger partial charge in [-0.3, -0.25) is 20.6 Å². The lowest BCUT2D eigenvalue weighted by Gasteiger charge is -2.08. The van der Waals surface area contributed by atoms with Crippen LogP contribution in [0.3, 0.4) is 0 Å². The highest BCUT2D eigenvalue weighted by Crippen LogP contribution is 1.96. The van der Waals surface area contributed by atoms with Gasteiger partial charge in [-0.05, 0) is 6.92 Å². The van der Waals surface area contributed by atoms with Crippen LogP contribution in [0.1, 0.15) is 6.92 Å². The smallest absolute Gasteiger partial charge is 0.325 e. The molecule has 3 N–H and O–H groups in total. The molecule has 1 atom stereocenters. The number of nitrogens with two attached hydrogens (primary N) is 1. The van der Waals surface area contributed by atoms with Gasteiger partial charge in [-0.25, -0.2) is 0 Å². The maximum absolute atomic E-state index is 11.0. The van der Waals surface area contributed by atoms with Gasteiger partial charge in [0.2, 0.25) is 0 Å². The van der Waals surface area contributed by atoms with E-state index in [4.69, 9.17) is 17.3 Å². The summed E-state index contributed by atoms with van der Waals surface area (Å²) in [7, 11) is 0. The van der Waals surface area contributed by atoms with Crippen LogP contribution in [0, 0.1) is 10.1 Å². The van der Waals surface area contributed by atoms with E-state index in [9.17, 15) is 14.9 Å². The molecule has 92 valence electrons. The molecule has 1 unspecified atom stereocenters. The first-order valence-corrected chi connectivity index (χ1v) is 5.10. The van der Waals surface area contributed by atoms with Crippen molar-refractivity contribution in [3.05, 3.63) is 21.9 Å². The van der Waals surface area contributed by atoms with E-state index in [1.807, 2.05) is 0 Å². The first-order chi connectivity index (χ1) is 7.51. The van der Waals surface area contributed by atoms with E-state index in [0.29, 0.717) is 5.70 Å². The molecule has 0 aliphatic carbocycles. The zero-order valence-electron chi connectivity index (χ0n) is 8.81. The SMILES string of the molecule is CCOC(=O)CN/C(=C\C(N)[N+](=O)[O-])CCl. The Kier molecular flexibility index (Phi) is 7.23. The fourth-order valence-electron chi connectivity index (χ4n) is 0.815. The van der Waals surface area contributed by atoms with Gasteiger partial charge >= 0.3 is 5.97 Å². The van der Waals surface area contributed by atoms with Gasteiger partial charge in [0, 0.05) is 16.7 Å². The number of carbonyl (C=O) groups excluding carboxylic acids is 1. The van der Waals surface area contributed by atoms with E-state index in [0.717, 1.165) is 6.08 Å². The molecule has 0 aromatic carbocycles. The number of carbonyl (C=O) groups is 1. The van der Waals surface area contributed by atoms with Crippen molar-refractivity contribution in [2.45, 2.75) is 13.1 Å². The highest BCUT2D eigenvalue weighted by atomic mass is 35.5. The fourth-order valence-corrected chi connectivity index (χ4v) is 0.999. The van der Waals surface area contributed by atoms with E-state index in [-0.39, 0.29) is 19.0 Å². The van der Waals surface area contributed by atoms with Crippen LogP contribution >= 0.6 is 11.6 Å². The summed E-state index contributed by atoms with van der Waals surface area (Å²) in [6.07, 6.45) is -0.199. The Morgan fingerprint density at radius 2 is 2.38 bits per heavy atom. The molecular formula is C8H14ClN3O4. The van der Waals surface area contributed by atoms with Crippen molar-refractivity contribution < 1.29 is 14.5 Å². The Bertz CT molecular complexity index is 282. The number of rotatable bonds is 7. The number of nitrogens with one attached hydrogen (secondary N) is 1. The van der Waals surface area contributed by atoms with E-state index in [1.165, 1.54) is 0 Å². The van der Waals surface area contributed by atoms with E-state index in [1.54, 1.807) is 6.92 Å². The summed E-state index contributed by atoms with van der Waals surface area (Å²) >= 11 is 5.52. The summed E-state index contributed by atoms with van der Waals surface area (Å²) in [5.41, 5.74) is 5.49. The van der Waals surface area contributed by atoms with Gasteiger partial charge in [0.05, 0.1) is 12.5 Å². The molecule has 8 heteroatoms. The largest absolute Gasteiger partial charge is 0.465 e. The molecule has 0 amide bonds. The van der Waals surface area contributed by atoms with E-state index >= 15 is 0 Å². The van der Waals surface area contributed by atoms with Crippen molar-refractivity contribution >= 4 is 17.6 Å². The number of nitrogens with zero attached hydrogens (tertiary/aromatic N) is 1. The van der Waals surface area contributed by atoms with Crippen LogP contribution in [0.15, 0.2) is 11.8 Å². The van der Waals surface area contributed by atoms with Crippen molar-refractivity contribution in [2.24, 2.45) is 5.73 Å². The lowest BCUT2D eigenvalue weighted by Crippen LogP contribution is -2.31. The third-order valence-electron chi connectivity index (χ3n) is 1.52. The molecule has 0 aliphatic rings. The molecule has 0 rings (SSSR count). The van der Waals surface area contributed by atoms with Crippen LogP contribution in [0.5, 0.6) is 0 Å². The second kappa shape index (κ2) is 7.89. The molecule has 0 heterocycles. The van der Waals surface area contributed by atoms with Gasteiger partial charge < -0.3 is 10.1 Å². The summed E-state index contributed by atoms with van der Waals surface area (Å²) in [5.74, 6) is -0.464. The predicted molar refractivity (Wildman–Crippen MR) is 58.4 cm³/mol. The van der Waals surface area contributed by atoms with Crippen LogP contribution in [0.2, 0.25) is 0 Å². The zero-order chi connectivity index (χ0) is 12.6. The van der Waals surface area contributed by atoms with Crippen LogP contribution in [-0.4, -0.2) is 36.1 Å². The quantitative estimate of drug-likeness (QED) is 0.214. The topological polar surface area (TPSA) is 107 Å². The van der Waals surface area contributed by atoms with Crippen molar-refractivity contribution in [1.29, 1.82) is 0 Å². The number of alkyl halides is 1. The Labute approximate surface area is 97.7 Å². The normalized spacial score (nSPS) is 13.1. The summed E-state index contributed by atoms with van der Waals surface area (Å²) < 4.78 is 4.65. The van der Waals surface area contributed by atoms with Crippen LogP contribution < -0.4 is 11.1 Å². The highest BCUT2D eigenvalue weighted by Gasteiger charge is 2.11. The number of halogens is 1. The summed E-state index contributed by atoms with van der Waals surface area (Å²) in [4.78, 5) is 20.6. The van der Waals surface area contributed by atoms with Crippen molar-refractivity contribution in [3.63, 3.8) is 0 Å². The Morgan fingerprint density at radius 3 is 2.81 bits per heavy atom. The van der Waals surface area contributed by atoms with Gasteiger partial charge in [0.15, 0.2) is 0 Å². The minimum absolute atomic E-state index is 0.000938. The minimum atomic E-state index is -1.34. The molecule has 0 saturated carbocycles. The molecule has 0 spiro atoms. The molecule has 7 nitrogen and oxygen atoms in total. The first kappa shape index (κ1) is 14.7. The molecule has 0 saturated heterocycles. The van der Waals surface area contributed by atoms with Gasteiger partial charge in [-0.1, -0.05) is 0 Å². The van der Waals surface area contributed by atoms with E-state index < -0.39 is 17.1 Å². The molecule has 0 aromatic rings. The maximum atomic E-state index is 11.0. The fraction of sp³-hybridized carbons (Fsp3) is 0.625. The number of hydrogen-bond acceptors (Lipinski definition) is 6. The lowest BCUT2D eigenvalue weighted by molar-refractivity contribution is -0.508. The molecule has 0 aliphatic heterocycles. The average Bonchev–Trinajstić information content (AvgIpc) is 2.24. The van der Waals surface area contributed by atoms with Crippen LogP contribution in [0.4, 0.5) is 0 Å². The van der Waals surface area contributed by atoms with Crippen LogP contribution in [-0.2, 0) is 9.53 Å². The predicted octanol–water partition coefficient (Wildman–Crippen LogP) is -0.177. The Balaban J connectivity index is 4.19. The average molecular weight is 252 g/mol. The first-order valence-electron chi connectivity index (χ1n) is 4.56.